The second-order valence-electron chi connectivity index (χ2n) is 3.01. The molecule has 2 aromatic heterocycles. The van der Waals surface area contributed by atoms with Gasteiger partial charge in [-0.05, 0) is 46.4 Å². The summed E-state index contributed by atoms with van der Waals surface area (Å²) in [5, 5.41) is -0.289. The van der Waals surface area contributed by atoms with Crippen molar-refractivity contribution in [2.45, 2.75) is 0 Å². The zero-order chi connectivity index (χ0) is 14.5. The lowest BCUT2D eigenvalue weighted by Gasteiger charge is -2.06. The van der Waals surface area contributed by atoms with Gasteiger partial charge in [0.05, 0.1) is 0 Å². The number of halogens is 4. The van der Waals surface area contributed by atoms with Gasteiger partial charge in [0.15, 0.2) is 0 Å². The minimum Gasteiger partial charge on any atom is -0.460 e. The van der Waals surface area contributed by atoms with Crippen LogP contribution in [0.15, 0.2) is 0 Å². The highest BCUT2D eigenvalue weighted by Crippen LogP contribution is 2.12. The number of rotatable bonds is 5. The number of aromatic nitrogens is 6. The van der Waals surface area contributed by atoms with E-state index in [1.807, 2.05) is 0 Å². The van der Waals surface area contributed by atoms with Crippen molar-refractivity contribution in [1.82, 2.24) is 29.9 Å². The lowest BCUT2D eigenvalue weighted by atomic mass is 10.8. The Kier molecular flexibility index (Phi) is 5.30. The molecule has 2 rings (SSSR count). The van der Waals surface area contributed by atoms with Crippen molar-refractivity contribution in [1.29, 1.82) is 0 Å². The smallest absolute Gasteiger partial charge is 0.322 e. The Bertz CT molecular complexity index is 522. The fourth-order valence-corrected chi connectivity index (χ4v) is 1.71. The van der Waals surface area contributed by atoms with Crippen LogP contribution in [0, 0.1) is 0 Å². The molecule has 2 heterocycles. The van der Waals surface area contributed by atoms with Gasteiger partial charge >= 0.3 is 12.0 Å². The summed E-state index contributed by atoms with van der Waals surface area (Å²) >= 11 is 22.3. The summed E-state index contributed by atoms with van der Waals surface area (Å²) in [7, 11) is 0. The van der Waals surface area contributed by atoms with Crippen molar-refractivity contribution in [3.63, 3.8) is 0 Å². The molecule has 0 aliphatic rings. The Labute approximate surface area is 132 Å². The van der Waals surface area contributed by atoms with E-state index in [1.54, 1.807) is 0 Å². The minimum atomic E-state index is -0.0723. The lowest BCUT2D eigenvalue weighted by molar-refractivity contribution is 0.195. The van der Waals surface area contributed by atoms with Crippen LogP contribution in [0.2, 0.25) is 21.1 Å². The van der Waals surface area contributed by atoms with Crippen molar-refractivity contribution in [2.75, 3.05) is 13.2 Å². The monoisotopic (exact) mass is 356 g/mol. The van der Waals surface area contributed by atoms with Gasteiger partial charge in [0.1, 0.15) is 13.2 Å². The minimum absolute atomic E-state index is 0.0229. The van der Waals surface area contributed by atoms with Gasteiger partial charge < -0.3 is 9.47 Å². The van der Waals surface area contributed by atoms with E-state index in [2.05, 4.69) is 29.9 Å². The Morgan fingerprint density at radius 2 is 0.850 bits per heavy atom. The molecule has 0 amide bonds. The van der Waals surface area contributed by atoms with E-state index in [4.69, 9.17) is 55.9 Å². The van der Waals surface area contributed by atoms with E-state index < -0.39 is 0 Å². The van der Waals surface area contributed by atoms with E-state index in [0.29, 0.717) is 0 Å². The molecule has 2 aromatic rings. The zero-order valence-corrected chi connectivity index (χ0v) is 12.4. The fraction of sp³-hybridized carbons (Fsp3) is 0.250. The standard InChI is InChI=1S/C8H4Cl4N6O2/c9-3-13-4(10)16-7(15-3)19-1-2-20-8-17-5(11)14-6(12)18-8/h1-2H2. The maximum Gasteiger partial charge on any atom is 0.322 e. The van der Waals surface area contributed by atoms with E-state index >= 15 is 0 Å². The average Bonchev–Trinajstić information content (AvgIpc) is 2.32. The first kappa shape index (κ1) is 15.2. The molecular weight excluding hydrogens is 354 g/mol. The highest BCUT2D eigenvalue weighted by atomic mass is 35.5. The molecule has 0 atom stereocenters. The van der Waals surface area contributed by atoms with Gasteiger partial charge in [0.25, 0.3) is 0 Å². The van der Waals surface area contributed by atoms with Crippen LogP contribution in [0.5, 0.6) is 12.0 Å². The van der Waals surface area contributed by atoms with Crippen molar-refractivity contribution in [3.05, 3.63) is 21.1 Å². The largest absolute Gasteiger partial charge is 0.460 e. The summed E-state index contributed by atoms with van der Waals surface area (Å²) in [5.41, 5.74) is 0. The molecule has 8 nitrogen and oxygen atoms in total. The van der Waals surface area contributed by atoms with Crippen molar-refractivity contribution >= 4 is 46.4 Å². The molecule has 0 aliphatic heterocycles. The van der Waals surface area contributed by atoms with Gasteiger partial charge in [0.2, 0.25) is 21.1 Å². The van der Waals surface area contributed by atoms with Crippen LogP contribution in [0.3, 0.4) is 0 Å². The van der Waals surface area contributed by atoms with Gasteiger partial charge in [-0.1, -0.05) is 0 Å². The number of hydrogen-bond donors (Lipinski definition) is 0. The van der Waals surface area contributed by atoms with Crippen LogP contribution in [0.4, 0.5) is 0 Å². The molecule has 12 heteroatoms. The third-order valence-corrected chi connectivity index (χ3v) is 2.34. The Morgan fingerprint density at radius 3 is 1.15 bits per heavy atom. The maximum absolute atomic E-state index is 5.58. The summed E-state index contributed by atoms with van der Waals surface area (Å²) in [6.07, 6.45) is 0. The van der Waals surface area contributed by atoms with Crippen LogP contribution in [-0.4, -0.2) is 43.1 Å². The summed E-state index contributed by atoms with van der Waals surface area (Å²) in [6.45, 7) is 0.190. The summed E-state index contributed by atoms with van der Waals surface area (Å²) < 4.78 is 10.3. The molecule has 0 unspecified atom stereocenters. The highest BCUT2D eigenvalue weighted by Gasteiger charge is 2.06. The first-order chi connectivity index (χ1) is 9.52. The van der Waals surface area contributed by atoms with Gasteiger partial charge in [0, 0.05) is 0 Å². The second kappa shape index (κ2) is 6.98. The van der Waals surface area contributed by atoms with E-state index in [9.17, 15) is 0 Å². The quantitative estimate of drug-likeness (QED) is 0.751. The SMILES string of the molecule is Clc1nc(Cl)nc(OCCOc2nc(Cl)nc(Cl)n2)n1. The first-order valence-electron chi connectivity index (χ1n) is 4.92. The number of nitrogens with zero attached hydrogens (tertiary/aromatic N) is 6. The van der Waals surface area contributed by atoms with Crippen molar-refractivity contribution in [3.8, 4) is 12.0 Å². The highest BCUT2D eigenvalue weighted by molar-refractivity contribution is 6.31. The Hall–Kier alpha value is -1.22. The third kappa shape index (κ3) is 4.71. The predicted molar refractivity (Wildman–Crippen MR) is 70.7 cm³/mol. The van der Waals surface area contributed by atoms with Gasteiger partial charge in [-0.25, -0.2) is 0 Å². The molecular formula is C8H4Cl4N6O2. The fourth-order valence-electron chi connectivity index (χ4n) is 1.01. The normalized spacial score (nSPS) is 10.4. The molecule has 0 saturated heterocycles. The summed E-state index contributed by atoms with van der Waals surface area (Å²) in [4.78, 5) is 22.0. The number of hydrogen-bond acceptors (Lipinski definition) is 8. The second-order valence-corrected chi connectivity index (χ2v) is 4.36. The van der Waals surface area contributed by atoms with Gasteiger partial charge in [-0.15, -0.1) is 0 Å². The van der Waals surface area contributed by atoms with E-state index in [1.165, 1.54) is 0 Å². The van der Waals surface area contributed by atoms with Crippen molar-refractivity contribution < 1.29 is 9.47 Å². The molecule has 0 radical (unpaired) electrons. The van der Waals surface area contributed by atoms with Crippen LogP contribution < -0.4 is 9.47 Å². The topological polar surface area (TPSA) is 95.8 Å². The van der Waals surface area contributed by atoms with Crippen LogP contribution in [-0.2, 0) is 0 Å². The maximum atomic E-state index is 5.58. The predicted octanol–water partition coefficient (Wildman–Crippen LogP) is 2.13. The Balaban J connectivity index is 1.84. The molecule has 0 bridgehead atoms. The van der Waals surface area contributed by atoms with E-state index in [-0.39, 0.29) is 46.4 Å². The Morgan fingerprint density at radius 1 is 0.550 bits per heavy atom. The molecule has 0 fully saturated rings. The van der Waals surface area contributed by atoms with Crippen LogP contribution >= 0.6 is 46.4 Å². The molecule has 0 aromatic carbocycles. The van der Waals surface area contributed by atoms with E-state index in [0.717, 1.165) is 0 Å². The molecule has 20 heavy (non-hydrogen) atoms. The molecule has 0 saturated carbocycles. The average molecular weight is 358 g/mol. The third-order valence-electron chi connectivity index (χ3n) is 1.67. The lowest BCUT2D eigenvalue weighted by Crippen LogP contribution is -2.12. The van der Waals surface area contributed by atoms with Crippen molar-refractivity contribution in [2.24, 2.45) is 0 Å². The van der Waals surface area contributed by atoms with Crippen LogP contribution in [0.25, 0.3) is 0 Å². The zero-order valence-electron chi connectivity index (χ0n) is 9.43. The van der Waals surface area contributed by atoms with Gasteiger partial charge in [-0.2, -0.15) is 29.9 Å². The summed E-state index contributed by atoms with van der Waals surface area (Å²) in [5.74, 6) is 0. The molecule has 0 spiro atoms. The molecule has 0 N–H and O–H groups in total. The molecule has 0 aliphatic carbocycles. The number of ether oxygens (including phenoxy) is 2. The first-order valence-corrected chi connectivity index (χ1v) is 6.44. The summed E-state index contributed by atoms with van der Waals surface area (Å²) in [6, 6.07) is -0.0457. The van der Waals surface area contributed by atoms with Gasteiger partial charge in [-0.3, -0.25) is 0 Å². The molecule has 106 valence electrons. The van der Waals surface area contributed by atoms with Crippen LogP contribution in [0.1, 0.15) is 0 Å².